The molecule has 4 aromatic heterocycles. The molecule has 8 atom stereocenters. The Bertz CT molecular complexity index is 7530. The van der Waals surface area contributed by atoms with Gasteiger partial charge in [0.05, 0.1) is 84.5 Å². The number of fused-ring (bicyclic) bond motifs is 10. The number of nitrogens with one attached hydrogen (secondary N) is 2. The Morgan fingerprint density at radius 3 is 1.34 bits per heavy atom. The molecule has 736 valence electrons. The van der Waals surface area contributed by atoms with Gasteiger partial charge in [0.2, 0.25) is 10.7 Å². The minimum absolute atomic E-state index is 0.0704. The largest absolute Gasteiger partial charge is 0.545 e. The second-order valence-corrected chi connectivity index (χ2v) is 42.7. The molecule has 4 unspecified atom stereocenters. The van der Waals surface area contributed by atoms with Gasteiger partial charge >= 0.3 is 46.9 Å². The predicted octanol–water partition coefficient (Wildman–Crippen LogP) is 5.52. The molecule has 6 aromatic carbocycles. The fourth-order valence-electron chi connectivity index (χ4n) is 19.0. The van der Waals surface area contributed by atoms with Crippen LogP contribution in [0.1, 0.15) is 189 Å². The molecule has 8 aliphatic rings. The predicted molar refractivity (Wildman–Crippen MR) is 500 cm³/mol. The highest BCUT2D eigenvalue weighted by molar-refractivity contribution is 7.67. The second-order valence-electron chi connectivity index (χ2n) is 33.8. The monoisotopic (exact) mass is 2040 g/mol. The van der Waals surface area contributed by atoms with Crippen LogP contribution in [0.15, 0.2) is 110 Å². The van der Waals surface area contributed by atoms with Crippen molar-refractivity contribution in [1.82, 2.24) is 48.9 Å². The van der Waals surface area contributed by atoms with Crippen molar-refractivity contribution in [2.45, 2.75) is 129 Å². The summed E-state index contributed by atoms with van der Waals surface area (Å²) in [6.07, 6.45) is 10.9. The Hall–Kier alpha value is -11.6. The zero-order valence-electron chi connectivity index (χ0n) is 75.5. The first-order chi connectivity index (χ1) is 66.6. The molecule has 2 saturated heterocycles. The third kappa shape index (κ3) is 21.8. The molecule has 50 heteroatoms. The molecular formula is C90H96N14O30P6. The van der Waals surface area contributed by atoms with Gasteiger partial charge in [-0.05, 0) is 163 Å². The fourth-order valence-corrected chi connectivity index (χ4v) is 25.1. The summed E-state index contributed by atoms with van der Waals surface area (Å²) in [6, 6.07) is 25.5. The molecular weight excluding hydrogens is 1940 g/mol. The van der Waals surface area contributed by atoms with Crippen LogP contribution < -0.4 is 81.9 Å². The number of aryl methyl sites for hydroxylation is 4. The summed E-state index contributed by atoms with van der Waals surface area (Å²) < 4.78 is 128. The number of carboxylic acid groups (broad SMARTS) is 2. The zero-order chi connectivity index (χ0) is 99.4. The SMILES string of the molecule is CCN1CCCc2cc3c(cc21)Oc1cc2c(cc1=C3c1cc(C(=O)NCC#Cc3cn([C@H]4CC[C@@H](COP(=O)(O)OP(=O)(O)OP(=O)(O)O)O4)c4ncnc(N)c34)ccc1C(=O)[O-])CCC[N+]=2CC.CCN1CCCc2cc3c(cc21)Oc1cc2c(cc1=C3c1ccc(C(=O)NCC#Cc3cn([C@H]4CC[C@@H](COP(=O)(O)OP(=O)(O)OP(=O)(O)O)O4)c4ncnc(N)c34)cc1C(=O)[O-])CCC[N+]=2CC. The van der Waals surface area contributed by atoms with Crippen molar-refractivity contribution < 1.29 is 141 Å². The van der Waals surface area contributed by atoms with Crippen LogP contribution in [0.5, 0.6) is 23.0 Å². The lowest BCUT2D eigenvalue weighted by molar-refractivity contribution is -0.256. The molecule has 0 spiro atoms. The van der Waals surface area contributed by atoms with E-state index in [1.165, 1.54) is 30.9 Å². The Balaban J connectivity index is 0.000000193. The van der Waals surface area contributed by atoms with E-state index in [2.05, 4.69) is 155 Å². The van der Waals surface area contributed by atoms with Gasteiger partial charge in [-0.3, -0.25) is 18.6 Å². The van der Waals surface area contributed by atoms with Crippen LogP contribution in [-0.4, -0.2) is 183 Å². The van der Waals surface area contributed by atoms with Gasteiger partial charge in [-0.15, -0.1) is 0 Å². The number of nitrogen functional groups attached to an aromatic ring is 2. The van der Waals surface area contributed by atoms with Gasteiger partial charge in [0.1, 0.15) is 97.2 Å². The second kappa shape index (κ2) is 40.4. The van der Waals surface area contributed by atoms with Crippen LogP contribution in [0.25, 0.3) is 33.2 Å². The average Bonchev–Trinajstić information content (AvgIpc) is 1.14. The van der Waals surface area contributed by atoms with Crippen LogP contribution >= 0.6 is 46.9 Å². The van der Waals surface area contributed by atoms with E-state index < -0.39 is 109 Å². The molecule has 14 N–H and O–H groups in total. The van der Waals surface area contributed by atoms with E-state index in [9.17, 15) is 76.4 Å². The average molecular weight is 2040 g/mol. The summed E-state index contributed by atoms with van der Waals surface area (Å²) in [5.41, 5.74) is 24.1. The molecule has 18 rings (SSSR count). The molecule has 0 aliphatic carbocycles. The normalized spacial score (nSPS) is 19.1. The summed E-state index contributed by atoms with van der Waals surface area (Å²) in [6.45, 7) is 13.9. The molecule has 8 aliphatic heterocycles. The number of amides is 2. The molecule has 2 fully saturated rings. The van der Waals surface area contributed by atoms with E-state index in [0.717, 1.165) is 170 Å². The van der Waals surface area contributed by atoms with Crippen LogP contribution in [0.2, 0.25) is 0 Å². The quantitative estimate of drug-likeness (QED) is 0.0163. The molecule has 0 radical (unpaired) electrons. The Morgan fingerprint density at radius 1 is 0.486 bits per heavy atom. The van der Waals surface area contributed by atoms with Crippen molar-refractivity contribution in [1.29, 1.82) is 0 Å². The Labute approximate surface area is 797 Å². The standard InChI is InChI=1S/2C45H48N7O15P3/c1-3-50-16-6-9-26-18-33-37(21-35(26)50)65-38-22-36-27(10-7-17-51(36)4-2)19-34(38)41(33)32-20-28(11-13-31(32)45(54)55)44(53)47-15-5-8-29-23-52(43-40(29)42(46)48-25-49-43)39-14-12-30(64-39)24-63-69(59,60)67-70(61,62)66-68(56,57)58;1-3-50-16-6-9-26-18-33-37(21-35(26)50)65-38-22-36-27(10-7-17-51(36)4-2)19-34(38)41(33)31-13-11-28(20-32(31)45(54)55)44(53)47-15-5-8-29-23-52(43-40(29)42(46)48-25-49-43)39-14-12-30(64-39)24-63-69(59,60)67-70(61,62)66-68(56,57)58/h2*11,13,18-23,25,30,39H,3-4,6-7,9-10,12,14-17,24H2,1-2H3,(H7-,46,47,48,49,53,54,55,56,57,58,59,60,61,62)/t2*30-,39+/m00/s1. The van der Waals surface area contributed by atoms with Crippen LogP contribution in [0.3, 0.4) is 0 Å². The highest BCUT2D eigenvalue weighted by Crippen LogP contribution is 2.68. The van der Waals surface area contributed by atoms with E-state index in [-0.39, 0.29) is 59.8 Å². The topological polar surface area (TPSA) is 621 Å². The maximum absolute atomic E-state index is 13.9. The fraction of sp³-hybridized carbons (Fsp3) is 0.356. The lowest BCUT2D eigenvalue weighted by atomic mass is 9.85. The van der Waals surface area contributed by atoms with Crippen molar-refractivity contribution in [2.75, 3.05) is 99.9 Å². The van der Waals surface area contributed by atoms with Gasteiger partial charge in [0.25, 0.3) is 11.8 Å². The van der Waals surface area contributed by atoms with E-state index in [1.54, 1.807) is 39.7 Å². The summed E-state index contributed by atoms with van der Waals surface area (Å²) in [7, 11) is -33.3. The third-order valence-corrected chi connectivity index (χ3v) is 32.6. The van der Waals surface area contributed by atoms with Crippen LogP contribution in [0, 0.1) is 23.7 Å². The maximum atomic E-state index is 13.9. The van der Waals surface area contributed by atoms with Crippen molar-refractivity contribution in [3.63, 3.8) is 0 Å². The summed E-state index contributed by atoms with van der Waals surface area (Å²) in [5, 5.41) is 36.0. The molecule has 44 nitrogen and oxygen atoms in total. The van der Waals surface area contributed by atoms with Gasteiger partial charge in [-0.2, -0.15) is 17.2 Å². The van der Waals surface area contributed by atoms with Crippen molar-refractivity contribution >= 4 is 127 Å². The number of hydrogen-bond acceptors (Lipinski definition) is 30. The van der Waals surface area contributed by atoms with Gasteiger partial charge in [-0.1, -0.05) is 35.8 Å². The lowest BCUT2D eigenvalue weighted by Gasteiger charge is -2.33. The van der Waals surface area contributed by atoms with E-state index in [0.29, 0.717) is 91.3 Å². The number of carbonyl (C=O) groups excluding carboxylic acids is 4. The number of benzene rings is 6. The number of hydrogen-bond donors (Lipinski definition) is 12. The molecule has 10 aromatic rings. The first kappa shape index (κ1) is 100.0. The third-order valence-electron chi connectivity index (χ3n) is 25.0. The van der Waals surface area contributed by atoms with Crippen LogP contribution in [0.4, 0.5) is 23.0 Å². The number of rotatable bonds is 28. The smallest absolute Gasteiger partial charge is 0.490 e. The lowest BCUT2D eigenvalue weighted by Crippen LogP contribution is -2.39. The number of carbonyl (C=O) groups is 4. The van der Waals surface area contributed by atoms with E-state index in [1.807, 2.05) is 12.1 Å². The first-order valence-electron chi connectivity index (χ1n) is 44.8. The van der Waals surface area contributed by atoms with Crippen molar-refractivity contribution in [3.8, 4) is 46.7 Å². The molecule has 0 saturated carbocycles. The molecule has 12 heterocycles. The number of carboxylic acids is 2. The van der Waals surface area contributed by atoms with E-state index >= 15 is 0 Å². The Kier molecular flexibility index (Phi) is 28.9. The minimum atomic E-state index is -5.70. The van der Waals surface area contributed by atoms with Gasteiger partial charge < -0.3 is 119 Å². The number of phosphoric ester groups is 2. The van der Waals surface area contributed by atoms with Crippen molar-refractivity contribution in [2.24, 2.45) is 0 Å². The summed E-state index contributed by atoms with van der Waals surface area (Å²) in [5.74, 6) is 10.5. The maximum Gasteiger partial charge on any atom is 0.490 e. The number of ether oxygens (including phenoxy) is 4. The summed E-state index contributed by atoms with van der Waals surface area (Å²) >= 11 is 0. The number of aromatic nitrogens is 6. The molecule has 0 bridgehead atoms. The number of anilines is 4. The molecule has 2 amide bonds. The van der Waals surface area contributed by atoms with Crippen molar-refractivity contribution in [3.05, 3.63) is 209 Å². The van der Waals surface area contributed by atoms with Gasteiger partial charge in [0, 0.05) is 141 Å². The van der Waals surface area contributed by atoms with Gasteiger partial charge in [-0.25, -0.2) is 56.5 Å². The molecule has 140 heavy (non-hydrogen) atoms. The first-order valence-corrected chi connectivity index (χ1v) is 53.8. The number of aromatic carboxylic acids is 2. The summed E-state index contributed by atoms with van der Waals surface area (Å²) in [4.78, 5) is 149. The van der Waals surface area contributed by atoms with Gasteiger partial charge in [0.15, 0.2) is 0 Å². The van der Waals surface area contributed by atoms with E-state index in [4.69, 9.17) is 59.0 Å². The number of nitrogens with two attached hydrogens (primary N) is 2. The zero-order valence-corrected chi connectivity index (χ0v) is 80.9. The highest BCUT2D eigenvalue weighted by atomic mass is 31.3. The van der Waals surface area contributed by atoms with Crippen LogP contribution in [-0.2, 0) is 88.8 Å². The number of phosphoric acid groups is 6. The minimum Gasteiger partial charge on any atom is -0.545 e. The number of nitrogens with zero attached hydrogens (tertiary/aromatic N) is 10. The highest BCUT2D eigenvalue weighted by Gasteiger charge is 2.45. The Morgan fingerprint density at radius 2 is 0.914 bits per heavy atom.